The molecule has 0 saturated heterocycles. The number of carbonyl (C=O) groups is 1. The van der Waals surface area contributed by atoms with E-state index in [1.165, 1.54) is 12.1 Å². The van der Waals surface area contributed by atoms with Gasteiger partial charge in [-0.05, 0) is 25.5 Å². The number of halogens is 2. The van der Waals surface area contributed by atoms with Crippen molar-refractivity contribution in [2.45, 2.75) is 20.4 Å². The van der Waals surface area contributed by atoms with Crippen molar-refractivity contribution >= 4 is 17.5 Å². The van der Waals surface area contributed by atoms with Gasteiger partial charge in [0.15, 0.2) is 0 Å². The molecule has 1 rings (SSSR count). The normalized spacial score (nSPS) is 9.41. The molecule has 0 radical (unpaired) electrons. The van der Waals surface area contributed by atoms with Crippen molar-refractivity contribution in [3.05, 3.63) is 52.0 Å². The molecule has 0 bridgehead atoms. The fourth-order valence-corrected chi connectivity index (χ4v) is 1.32. The molecule has 0 aromatic heterocycles. The number of rotatable bonds is 3. The van der Waals surface area contributed by atoms with Crippen LogP contribution in [-0.2, 0) is 11.3 Å². The first kappa shape index (κ1) is 13.5. The molecule has 0 aliphatic carbocycles. The Morgan fingerprint density at radius 3 is 2.88 bits per heavy atom. The number of amides is 1. The Morgan fingerprint density at radius 1 is 1.53 bits per heavy atom. The van der Waals surface area contributed by atoms with Crippen LogP contribution in [0.5, 0.6) is 0 Å². The van der Waals surface area contributed by atoms with Crippen LogP contribution in [0.4, 0.5) is 4.39 Å². The number of carbonyl (C=O) groups excluding carboxylic acids is 1. The zero-order valence-corrected chi connectivity index (χ0v) is 10.4. The number of nitrogens with one attached hydrogen (secondary N) is 1. The van der Waals surface area contributed by atoms with Crippen LogP contribution in [0.25, 0.3) is 0 Å². The van der Waals surface area contributed by atoms with Gasteiger partial charge in [-0.3, -0.25) is 4.79 Å². The summed E-state index contributed by atoms with van der Waals surface area (Å²) in [4.78, 5) is 11.3. The summed E-state index contributed by atoms with van der Waals surface area (Å²) in [6.45, 7) is 3.77. The Hall–Kier alpha value is -1.57. The molecule has 1 aromatic carbocycles. The van der Waals surface area contributed by atoms with Crippen LogP contribution >= 0.6 is 11.6 Å². The van der Waals surface area contributed by atoms with Crippen LogP contribution in [0.1, 0.15) is 19.4 Å². The minimum Gasteiger partial charge on any atom is -0.348 e. The SMILES string of the molecule is CC(C)=C=CC(=O)NCc1cccc(Cl)c1F. The molecule has 4 heteroatoms. The average Bonchev–Trinajstić information content (AvgIpc) is 2.28. The van der Waals surface area contributed by atoms with Gasteiger partial charge in [-0.25, -0.2) is 4.39 Å². The molecular weight excluding hydrogens is 241 g/mol. The predicted molar refractivity (Wildman–Crippen MR) is 66.2 cm³/mol. The molecule has 1 N–H and O–H groups in total. The molecular formula is C13H13ClFNO. The van der Waals surface area contributed by atoms with Gasteiger partial charge in [0, 0.05) is 18.2 Å². The van der Waals surface area contributed by atoms with E-state index in [1.54, 1.807) is 12.1 Å². The Labute approximate surface area is 105 Å². The van der Waals surface area contributed by atoms with Gasteiger partial charge in [-0.1, -0.05) is 23.7 Å². The van der Waals surface area contributed by atoms with Crippen LogP contribution < -0.4 is 5.32 Å². The summed E-state index contributed by atoms with van der Waals surface area (Å²) < 4.78 is 13.5. The van der Waals surface area contributed by atoms with Gasteiger partial charge in [-0.15, -0.1) is 5.73 Å². The van der Waals surface area contributed by atoms with Gasteiger partial charge in [0.1, 0.15) is 5.82 Å². The van der Waals surface area contributed by atoms with Gasteiger partial charge < -0.3 is 5.32 Å². The molecule has 0 saturated carbocycles. The molecule has 0 atom stereocenters. The van der Waals surface area contributed by atoms with Crippen molar-refractivity contribution < 1.29 is 9.18 Å². The van der Waals surface area contributed by atoms with Crippen molar-refractivity contribution in [3.8, 4) is 0 Å². The highest BCUT2D eigenvalue weighted by Gasteiger charge is 2.06. The number of benzene rings is 1. The van der Waals surface area contributed by atoms with E-state index in [2.05, 4.69) is 11.0 Å². The minimum atomic E-state index is -0.499. The molecule has 17 heavy (non-hydrogen) atoms. The van der Waals surface area contributed by atoms with Gasteiger partial charge >= 0.3 is 0 Å². The van der Waals surface area contributed by atoms with E-state index in [0.29, 0.717) is 5.56 Å². The summed E-state index contributed by atoms with van der Waals surface area (Å²) in [5.74, 6) is -0.814. The second-order valence-electron chi connectivity index (χ2n) is 3.72. The molecule has 0 fully saturated rings. The topological polar surface area (TPSA) is 29.1 Å². The number of hydrogen-bond acceptors (Lipinski definition) is 1. The first-order valence-corrected chi connectivity index (χ1v) is 5.49. The van der Waals surface area contributed by atoms with E-state index in [4.69, 9.17) is 11.6 Å². The molecule has 90 valence electrons. The monoisotopic (exact) mass is 253 g/mol. The van der Waals surface area contributed by atoms with Gasteiger partial charge in [0.2, 0.25) is 0 Å². The lowest BCUT2D eigenvalue weighted by Crippen LogP contribution is -2.20. The molecule has 1 amide bonds. The summed E-state index contributed by atoms with van der Waals surface area (Å²) in [7, 11) is 0. The maximum Gasteiger partial charge on any atom is 0.252 e. The van der Waals surface area contributed by atoms with Crippen LogP contribution in [0.2, 0.25) is 5.02 Å². The van der Waals surface area contributed by atoms with Crippen molar-refractivity contribution in [2.75, 3.05) is 0 Å². The Bertz CT molecular complexity index is 486. The van der Waals surface area contributed by atoms with Gasteiger partial charge in [0.05, 0.1) is 5.02 Å². The van der Waals surface area contributed by atoms with E-state index in [1.807, 2.05) is 13.8 Å². The molecule has 0 aliphatic rings. The zero-order chi connectivity index (χ0) is 12.8. The van der Waals surface area contributed by atoms with Gasteiger partial charge in [0.25, 0.3) is 5.91 Å². The second kappa shape index (κ2) is 6.24. The molecule has 0 heterocycles. The Morgan fingerprint density at radius 2 is 2.24 bits per heavy atom. The molecule has 0 spiro atoms. The Balaban J connectivity index is 2.66. The summed E-state index contributed by atoms with van der Waals surface area (Å²) >= 11 is 5.62. The Kier molecular flexibility index (Phi) is 4.95. The van der Waals surface area contributed by atoms with Crippen molar-refractivity contribution in [1.82, 2.24) is 5.32 Å². The maximum atomic E-state index is 13.5. The third kappa shape index (κ3) is 4.43. The minimum absolute atomic E-state index is 0.0524. The van der Waals surface area contributed by atoms with E-state index >= 15 is 0 Å². The fraction of sp³-hybridized carbons (Fsp3) is 0.231. The van der Waals surface area contributed by atoms with E-state index in [9.17, 15) is 9.18 Å². The summed E-state index contributed by atoms with van der Waals surface area (Å²) in [5, 5.41) is 2.61. The fourth-order valence-electron chi connectivity index (χ4n) is 1.13. The lowest BCUT2D eigenvalue weighted by atomic mass is 10.2. The molecule has 0 unspecified atom stereocenters. The molecule has 0 aliphatic heterocycles. The maximum absolute atomic E-state index is 13.5. The first-order chi connectivity index (χ1) is 8.00. The van der Waals surface area contributed by atoms with Crippen LogP contribution in [-0.4, -0.2) is 5.91 Å². The zero-order valence-electron chi connectivity index (χ0n) is 9.68. The summed E-state index contributed by atoms with van der Waals surface area (Å²) in [5.41, 5.74) is 4.02. The van der Waals surface area contributed by atoms with E-state index in [0.717, 1.165) is 5.57 Å². The first-order valence-electron chi connectivity index (χ1n) is 5.11. The highest BCUT2D eigenvalue weighted by Crippen LogP contribution is 2.17. The summed E-state index contributed by atoms with van der Waals surface area (Å²) in [6.07, 6.45) is 1.29. The van der Waals surface area contributed by atoms with E-state index < -0.39 is 5.82 Å². The third-order valence-corrected chi connectivity index (χ3v) is 2.27. The van der Waals surface area contributed by atoms with Crippen molar-refractivity contribution in [1.29, 1.82) is 0 Å². The standard InChI is InChI=1S/C13H13ClFNO/c1-9(2)6-7-12(17)16-8-10-4-3-5-11(14)13(10)15/h3-5,7H,8H2,1-2H3,(H,16,17). The van der Waals surface area contributed by atoms with Gasteiger partial charge in [-0.2, -0.15) is 0 Å². The lowest BCUT2D eigenvalue weighted by molar-refractivity contribution is -0.116. The van der Waals surface area contributed by atoms with Crippen LogP contribution in [0.15, 0.2) is 35.6 Å². The molecule has 1 aromatic rings. The average molecular weight is 254 g/mol. The predicted octanol–water partition coefficient (Wildman–Crippen LogP) is 3.22. The summed E-state index contributed by atoms with van der Waals surface area (Å²) in [6, 6.07) is 4.68. The third-order valence-electron chi connectivity index (χ3n) is 1.98. The largest absolute Gasteiger partial charge is 0.348 e. The molecule has 2 nitrogen and oxygen atoms in total. The lowest BCUT2D eigenvalue weighted by Gasteiger charge is -2.04. The van der Waals surface area contributed by atoms with Crippen LogP contribution in [0.3, 0.4) is 0 Å². The van der Waals surface area contributed by atoms with E-state index in [-0.39, 0.29) is 17.5 Å². The van der Waals surface area contributed by atoms with Crippen LogP contribution in [0, 0.1) is 5.82 Å². The highest BCUT2D eigenvalue weighted by molar-refractivity contribution is 6.30. The quantitative estimate of drug-likeness (QED) is 0.650. The van der Waals surface area contributed by atoms with Crippen molar-refractivity contribution in [2.24, 2.45) is 0 Å². The second-order valence-corrected chi connectivity index (χ2v) is 4.13. The number of hydrogen-bond donors (Lipinski definition) is 1. The van der Waals surface area contributed by atoms with Crippen molar-refractivity contribution in [3.63, 3.8) is 0 Å². The highest BCUT2D eigenvalue weighted by atomic mass is 35.5. The smallest absolute Gasteiger partial charge is 0.252 e.